The van der Waals surface area contributed by atoms with Crippen LogP contribution in [0.2, 0.25) is 0 Å². The Morgan fingerprint density at radius 2 is 2.11 bits per heavy atom. The number of rotatable bonds is 4. The molecular formula is C12H15N5O. The fraction of sp³-hybridized carbons (Fsp3) is 0.250. The second-order valence-corrected chi connectivity index (χ2v) is 3.91. The highest BCUT2D eigenvalue weighted by Crippen LogP contribution is 2.17. The van der Waals surface area contributed by atoms with Crippen LogP contribution >= 0.6 is 0 Å². The molecule has 0 saturated carbocycles. The smallest absolute Gasteiger partial charge is 0.225 e. The Balaban J connectivity index is 2.08. The van der Waals surface area contributed by atoms with Crippen molar-refractivity contribution in [1.29, 1.82) is 0 Å². The Morgan fingerprint density at radius 3 is 2.67 bits per heavy atom. The number of carbonyl (C=O) groups excluding carboxylic acids is 1. The number of nitrogens with zero attached hydrogens (tertiary/aromatic N) is 2. The molecule has 1 aromatic heterocycles. The van der Waals surface area contributed by atoms with Gasteiger partial charge in [-0.25, -0.2) is 4.98 Å². The normalized spacial score (nSPS) is 10.3. The molecule has 0 fully saturated rings. The van der Waals surface area contributed by atoms with Gasteiger partial charge in [0.1, 0.15) is 5.82 Å². The lowest BCUT2D eigenvalue weighted by Gasteiger charge is -2.04. The maximum atomic E-state index is 11.3. The topological polar surface area (TPSA) is 96.7 Å². The van der Waals surface area contributed by atoms with E-state index in [0.29, 0.717) is 18.8 Å². The first-order valence-electron chi connectivity index (χ1n) is 5.68. The molecule has 4 N–H and O–H groups in total. The summed E-state index contributed by atoms with van der Waals surface area (Å²) < 4.78 is 0. The Bertz CT molecular complexity index is 532. The van der Waals surface area contributed by atoms with E-state index in [0.717, 1.165) is 17.1 Å². The van der Waals surface area contributed by atoms with E-state index in [1.165, 1.54) is 0 Å². The number of aromatic nitrogens is 3. The molecule has 0 unspecified atom stereocenters. The van der Waals surface area contributed by atoms with Crippen LogP contribution in [0.3, 0.4) is 0 Å². The molecule has 1 amide bonds. The third-order valence-corrected chi connectivity index (χ3v) is 2.40. The summed E-state index contributed by atoms with van der Waals surface area (Å²) in [6.45, 7) is 2.19. The molecule has 0 radical (unpaired) electrons. The number of amides is 1. The molecule has 6 heteroatoms. The lowest BCUT2D eigenvalue weighted by Crippen LogP contribution is -2.15. The van der Waals surface area contributed by atoms with Gasteiger partial charge in [-0.15, -0.1) is 0 Å². The van der Waals surface area contributed by atoms with Gasteiger partial charge in [-0.2, -0.15) is 5.10 Å². The quantitative estimate of drug-likeness (QED) is 0.750. The summed E-state index contributed by atoms with van der Waals surface area (Å²) >= 11 is 0. The molecule has 18 heavy (non-hydrogen) atoms. The van der Waals surface area contributed by atoms with Gasteiger partial charge in [-0.05, 0) is 31.2 Å². The average Bonchev–Trinajstić information content (AvgIpc) is 2.77. The highest BCUT2D eigenvalue weighted by molar-refractivity contribution is 5.91. The van der Waals surface area contributed by atoms with E-state index < -0.39 is 0 Å². The third-order valence-electron chi connectivity index (χ3n) is 2.40. The molecule has 1 aromatic carbocycles. The van der Waals surface area contributed by atoms with E-state index in [2.05, 4.69) is 20.5 Å². The molecule has 0 saturated heterocycles. The van der Waals surface area contributed by atoms with Crippen LogP contribution in [0.4, 0.5) is 5.69 Å². The number of anilines is 1. The minimum absolute atomic E-state index is 0.0843. The predicted octanol–water partition coefficient (Wildman–Crippen LogP) is 1.07. The second-order valence-electron chi connectivity index (χ2n) is 3.91. The van der Waals surface area contributed by atoms with Gasteiger partial charge in [0.05, 0.1) is 0 Å². The van der Waals surface area contributed by atoms with Crippen molar-refractivity contribution in [1.82, 2.24) is 15.2 Å². The predicted molar refractivity (Wildman–Crippen MR) is 68.9 cm³/mol. The molecule has 94 valence electrons. The van der Waals surface area contributed by atoms with E-state index in [9.17, 15) is 4.79 Å². The van der Waals surface area contributed by atoms with Gasteiger partial charge in [-0.1, -0.05) is 0 Å². The molecule has 0 aliphatic carbocycles. The summed E-state index contributed by atoms with van der Waals surface area (Å²) in [6, 6.07) is 7.35. The molecule has 2 aromatic rings. The molecule has 0 aliphatic heterocycles. The first kappa shape index (κ1) is 12.3. The van der Waals surface area contributed by atoms with Crippen molar-refractivity contribution in [2.75, 3.05) is 11.9 Å². The van der Waals surface area contributed by atoms with E-state index in [1.807, 2.05) is 31.2 Å². The summed E-state index contributed by atoms with van der Waals surface area (Å²) in [5.74, 6) is 1.33. The van der Waals surface area contributed by atoms with Crippen molar-refractivity contribution in [2.45, 2.75) is 13.3 Å². The van der Waals surface area contributed by atoms with E-state index in [1.54, 1.807) is 0 Å². The van der Waals surface area contributed by atoms with Crippen molar-refractivity contribution in [3.8, 4) is 11.4 Å². The van der Waals surface area contributed by atoms with Crippen LogP contribution in [0.15, 0.2) is 24.3 Å². The van der Waals surface area contributed by atoms with Crippen molar-refractivity contribution in [2.24, 2.45) is 5.73 Å². The number of hydrogen-bond donors (Lipinski definition) is 3. The zero-order valence-electron chi connectivity index (χ0n) is 10.1. The van der Waals surface area contributed by atoms with Crippen LogP contribution in [0, 0.1) is 6.92 Å². The van der Waals surface area contributed by atoms with Gasteiger partial charge in [0.15, 0.2) is 5.82 Å². The molecule has 0 bridgehead atoms. The zero-order chi connectivity index (χ0) is 13.0. The van der Waals surface area contributed by atoms with Gasteiger partial charge < -0.3 is 11.1 Å². The molecule has 1 heterocycles. The number of nitrogens with two attached hydrogens (primary N) is 1. The summed E-state index contributed by atoms with van der Waals surface area (Å²) in [6.07, 6.45) is 0.321. The average molecular weight is 245 g/mol. The summed E-state index contributed by atoms with van der Waals surface area (Å²) in [5, 5.41) is 9.61. The first-order chi connectivity index (χ1) is 8.69. The lowest BCUT2D eigenvalue weighted by atomic mass is 10.2. The van der Waals surface area contributed by atoms with E-state index in [-0.39, 0.29) is 5.91 Å². The fourth-order valence-corrected chi connectivity index (χ4v) is 1.53. The van der Waals surface area contributed by atoms with E-state index in [4.69, 9.17) is 5.73 Å². The van der Waals surface area contributed by atoms with Gasteiger partial charge in [0.2, 0.25) is 5.91 Å². The van der Waals surface area contributed by atoms with E-state index >= 15 is 0 Å². The molecule has 0 aliphatic rings. The van der Waals surface area contributed by atoms with Crippen molar-refractivity contribution >= 4 is 11.6 Å². The fourth-order valence-electron chi connectivity index (χ4n) is 1.53. The number of aryl methyl sites for hydroxylation is 1. The minimum atomic E-state index is -0.0843. The Kier molecular flexibility index (Phi) is 3.69. The Morgan fingerprint density at radius 1 is 1.39 bits per heavy atom. The number of carbonyl (C=O) groups is 1. The second kappa shape index (κ2) is 5.42. The molecule has 0 spiro atoms. The summed E-state index contributed by atoms with van der Waals surface area (Å²) in [4.78, 5) is 15.6. The van der Waals surface area contributed by atoms with Crippen molar-refractivity contribution in [3.05, 3.63) is 30.1 Å². The number of benzene rings is 1. The highest BCUT2D eigenvalue weighted by atomic mass is 16.1. The van der Waals surface area contributed by atoms with Crippen molar-refractivity contribution < 1.29 is 4.79 Å². The van der Waals surface area contributed by atoms with Crippen molar-refractivity contribution in [3.63, 3.8) is 0 Å². The van der Waals surface area contributed by atoms with Crippen LogP contribution in [0.25, 0.3) is 11.4 Å². The monoisotopic (exact) mass is 245 g/mol. The van der Waals surface area contributed by atoms with Crippen LogP contribution < -0.4 is 11.1 Å². The Hall–Kier alpha value is -2.21. The highest BCUT2D eigenvalue weighted by Gasteiger charge is 2.04. The molecular weight excluding hydrogens is 230 g/mol. The maximum absolute atomic E-state index is 11.3. The zero-order valence-corrected chi connectivity index (χ0v) is 10.1. The molecule has 6 nitrogen and oxygen atoms in total. The number of H-pyrrole nitrogens is 1. The lowest BCUT2D eigenvalue weighted by molar-refractivity contribution is -0.116. The van der Waals surface area contributed by atoms with Gasteiger partial charge in [-0.3, -0.25) is 9.89 Å². The Labute approximate surface area is 105 Å². The van der Waals surface area contributed by atoms with Gasteiger partial charge >= 0.3 is 0 Å². The number of nitrogens with one attached hydrogen (secondary N) is 2. The standard InChI is InChI=1S/C12H15N5O/c1-8-14-12(17-16-8)9-2-4-10(5-3-9)15-11(18)6-7-13/h2-5H,6-7,13H2,1H3,(H,15,18)(H,14,16,17). The third kappa shape index (κ3) is 2.92. The van der Waals surface area contributed by atoms with Crippen LogP contribution in [-0.4, -0.2) is 27.6 Å². The molecule has 2 rings (SSSR count). The number of hydrogen-bond acceptors (Lipinski definition) is 4. The maximum Gasteiger partial charge on any atom is 0.225 e. The van der Waals surface area contributed by atoms with Crippen LogP contribution in [0.5, 0.6) is 0 Å². The van der Waals surface area contributed by atoms with Crippen LogP contribution in [0.1, 0.15) is 12.2 Å². The van der Waals surface area contributed by atoms with Gasteiger partial charge in [0, 0.05) is 24.2 Å². The minimum Gasteiger partial charge on any atom is -0.330 e. The van der Waals surface area contributed by atoms with Gasteiger partial charge in [0.25, 0.3) is 0 Å². The molecule has 0 atom stereocenters. The number of aromatic amines is 1. The summed E-state index contributed by atoms with van der Waals surface area (Å²) in [5.41, 5.74) is 6.94. The van der Waals surface area contributed by atoms with Crippen LogP contribution in [-0.2, 0) is 4.79 Å². The first-order valence-corrected chi connectivity index (χ1v) is 5.68. The summed E-state index contributed by atoms with van der Waals surface area (Å²) in [7, 11) is 0. The largest absolute Gasteiger partial charge is 0.330 e. The SMILES string of the molecule is Cc1nc(-c2ccc(NC(=O)CCN)cc2)n[nH]1.